The summed E-state index contributed by atoms with van der Waals surface area (Å²) in [5.41, 5.74) is 1.84. The zero-order valence-corrected chi connectivity index (χ0v) is 11.9. The van der Waals surface area contributed by atoms with Gasteiger partial charge in [-0.25, -0.2) is 0 Å². The monoisotopic (exact) mass is 311 g/mol. The highest BCUT2D eigenvalue weighted by Gasteiger charge is 2.36. The van der Waals surface area contributed by atoms with E-state index >= 15 is 0 Å². The molecule has 4 nitrogen and oxygen atoms in total. The van der Waals surface area contributed by atoms with Crippen LogP contribution in [0.3, 0.4) is 0 Å². The van der Waals surface area contributed by atoms with Crippen molar-refractivity contribution in [2.75, 3.05) is 18.6 Å². The molecule has 0 bridgehead atoms. The first-order valence-corrected chi connectivity index (χ1v) is 6.47. The molecular formula is C13H14BrNO3. The van der Waals surface area contributed by atoms with E-state index in [1.54, 1.807) is 4.90 Å². The van der Waals surface area contributed by atoms with Gasteiger partial charge in [-0.05, 0) is 34.5 Å². The van der Waals surface area contributed by atoms with Crippen molar-refractivity contribution in [1.29, 1.82) is 0 Å². The Balaban J connectivity index is 2.30. The number of carbonyl (C=O) groups excluding carboxylic acids is 2. The predicted molar refractivity (Wildman–Crippen MR) is 71.4 cm³/mol. The minimum Gasteiger partial charge on any atom is -0.469 e. The van der Waals surface area contributed by atoms with Crippen molar-refractivity contribution in [3.05, 3.63) is 28.2 Å². The molecule has 0 aromatic heterocycles. The molecule has 5 heteroatoms. The Hall–Kier alpha value is -1.36. The van der Waals surface area contributed by atoms with Crippen molar-refractivity contribution in [3.8, 4) is 0 Å². The van der Waals surface area contributed by atoms with Crippen LogP contribution in [-0.4, -0.2) is 25.5 Å². The third-order valence-electron chi connectivity index (χ3n) is 3.12. The SMILES string of the molecule is COC(=O)C1CC(=O)N(c2c(C)cccc2Br)C1. The fraction of sp³-hybridized carbons (Fsp3) is 0.385. The molecule has 1 saturated heterocycles. The van der Waals surface area contributed by atoms with Crippen LogP contribution in [0, 0.1) is 12.8 Å². The number of methoxy groups -OCH3 is 1. The third kappa shape index (κ3) is 2.27. The van der Waals surface area contributed by atoms with E-state index < -0.39 is 0 Å². The third-order valence-corrected chi connectivity index (χ3v) is 3.76. The number of anilines is 1. The molecule has 1 atom stereocenters. The van der Waals surface area contributed by atoms with E-state index in [0.29, 0.717) is 6.54 Å². The van der Waals surface area contributed by atoms with E-state index in [4.69, 9.17) is 4.74 Å². The second-order valence-electron chi connectivity index (χ2n) is 4.33. The summed E-state index contributed by atoms with van der Waals surface area (Å²) in [5, 5.41) is 0. The molecule has 0 saturated carbocycles. The van der Waals surface area contributed by atoms with Crippen LogP contribution in [0.1, 0.15) is 12.0 Å². The molecule has 18 heavy (non-hydrogen) atoms. The first kappa shape index (κ1) is 13.1. The van der Waals surface area contributed by atoms with Crippen LogP contribution < -0.4 is 4.90 Å². The van der Waals surface area contributed by atoms with Gasteiger partial charge in [0.2, 0.25) is 5.91 Å². The van der Waals surface area contributed by atoms with E-state index in [2.05, 4.69) is 15.9 Å². The molecule has 1 aliphatic heterocycles. The first-order chi connectivity index (χ1) is 8.54. The van der Waals surface area contributed by atoms with Crippen molar-refractivity contribution in [3.63, 3.8) is 0 Å². The van der Waals surface area contributed by atoms with Gasteiger partial charge < -0.3 is 9.64 Å². The van der Waals surface area contributed by atoms with Crippen molar-refractivity contribution in [2.24, 2.45) is 5.92 Å². The maximum atomic E-state index is 12.0. The number of ether oxygens (including phenoxy) is 1. The second-order valence-corrected chi connectivity index (χ2v) is 5.19. The van der Waals surface area contributed by atoms with Crippen LogP contribution in [0.5, 0.6) is 0 Å². The number of esters is 1. The average Bonchev–Trinajstić information content (AvgIpc) is 2.70. The maximum absolute atomic E-state index is 12.0. The number of halogens is 1. The lowest BCUT2D eigenvalue weighted by molar-refractivity contribution is -0.145. The van der Waals surface area contributed by atoms with Crippen LogP contribution in [0.25, 0.3) is 0 Å². The molecule has 0 N–H and O–H groups in total. The van der Waals surface area contributed by atoms with Gasteiger partial charge in [0.25, 0.3) is 0 Å². The number of rotatable bonds is 2. The zero-order chi connectivity index (χ0) is 13.3. The Labute approximate surface area is 114 Å². The quantitative estimate of drug-likeness (QED) is 0.787. The molecule has 2 rings (SSSR count). The maximum Gasteiger partial charge on any atom is 0.311 e. The van der Waals surface area contributed by atoms with Crippen molar-refractivity contribution in [1.82, 2.24) is 0 Å². The van der Waals surface area contributed by atoms with Gasteiger partial charge in [-0.1, -0.05) is 12.1 Å². The minimum atomic E-state index is -0.367. The number of hydrogen-bond acceptors (Lipinski definition) is 3. The van der Waals surface area contributed by atoms with Gasteiger partial charge >= 0.3 is 5.97 Å². The number of hydrogen-bond donors (Lipinski definition) is 0. The standard InChI is InChI=1S/C13H14BrNO3/c1-8-4-3-5-10(14)12(8)15-7-9(6-11(15)16)13(17)18-2/h3-5,9H,6-7H2,1-2H3. The smallest absolute Gasteiger partial charge is 0.311 e. The highest BCUT2D eigenvalue weighted by Crippen LogP contribution is 2.34. The number of benzene rings is 1. The molecule has 0 spiro atoms. The summed E-state index contributed by atoms with van der Waals surface area (Å²) in [7, 11) is 1.35. The molecule has 1 amide bonds. The second kappa shape index (κ2) is 5.10. The van der Waals surface area contributed by atoms with Crippen LogP contribution in [0.15, 0.2) is 22.7 Å². The number of nitrogens with zero attached hydrogens (tertiary/aromatic N) is 1. The normalized spacial score (nSPS) is 19.2. The summed E-state index contributed by atoms with van der Waals surface area (Å²) in [6.45, 7) is 2.33. The van der Waals surface area contributed by atoms with Gasteiger partial charge in [0.15, 0.2) is 0 Å². The lowest BCUT2D eigenvalue weighted by Gasteiger charge is -2.20. The zero-order valence-electron chi connectivity index (χ0n) is 10.3. The fourth-order valence-electron chi connectivity index (χ4n) is 2.21. The van der Waals surface area contributed by atoms with Gasteiger partial charge in [0.05, 0.1) is 18.7 Å². The van der Waals surface area contributed by atoms with Gasteiger partial charge in [0, 0.05) is 17.4 Å². The molecule has 1 heterocycles. The Kier molecular flexibility index (Phi) is 3.71. The molecule has 96 valence electrons. The van der Waals surface area contributed by atoms with Crippen LogP contribution in [-0.2, 0) is 14.3 Å². The summed E-state index contributed by atoms with van der Waals surface area (Å²) in [5.74, 6) is -0.732. The van der Waals surface area contributed by atoms with Crippen molar-refractivity contribution >= 4 is 33.5 Å². The Morgan fingerprint density at radius 2 is 2.22 bits per heavy atom. The molecular weight excluding hydrogens is 298 g/mol. The summed E-state index contributed by atoms with van der Waals surface area (Å²) >= 11 is 3.45. The highest BCUT2D eigenvalue weighted by atomic mass is 79.9. The summed E-state index contributed by atoms with van der Waals surface area (Å²) in [6, 6.07) is 5.75. The van der Waals surface area contributed by atoms with Gasteiger partial charge in [-0.15, -0.1) is 0 Å². The number of para-hydroxylation sites is 1. The van der Waals surface area contributed by atoms with E-state index in [1.807, 2.05) is 25.1 Å². The molecule has 1 aromatic carbocycles. The lowest BCUT2D eigenvalue weighted by Crippen LogP contribution is -2.27. The van der Waals surface area contributed by atoms with E-state index in [9.17, 15) is 9.59 Å². The van der Waals surface area contributed by atoms with Crippen molar-refractivity contribution in [2.45, 2.75) is 13.3 Å². The Bertz CT molecular complexity index is 481. The van der Waals surface area contributed by atoms with Gasteiger partial charge in [-0.2, -0.15) is 0 Å². The summed E-state index contributed by atoms with van der Waals surface area (Å²) in [6.07, 6.45) is 0.216. The lowest BCUT2D eigenvalue weighted by atomic mass is 10.1. The van der Waals surface area contributed by atoms with Crippen LogP contribution in [0.4, 0.5) is 5.69 Å². The van der Waals surface area contributed by atoms with Gasteiger partial charge in [-0.3, -0.25) is 9.59 Å². The molecule has 1 fully saturated rings. The number of aryl methyl sites for hydroxylation is 1. The van der Waals surface area contributed by atoms with Crippen LogP contribution >= 0.6 is 15.9 Å². The first-order valence-electron chi connectivity index (χ1n) is 5.68. The molecule has 1 unspecified atom stereocenters. The van der Waals surface area contributed by atoms with E-state index in [1.165, 1.54) is 7.11 Å². The Morgan fingerprint density at radius 1 is 1.50 bits per heavy atom. The molecule has 0 radical (unpaired) electrons. The minimum absolute atomic E-state index is 0.0413. The summed E-state index contributed by atoms with van der Waals surface area (Å²) < 4.78 is 5.56. The topological polar surface area (TPSA) is 46.6 Å². The Morgan fingerprint density at radius 3 is 2.83 bits per heavy atom. The van der Waals surface area contributed by atoms with Crippen molar-refractivity contribution < 1.29 is 14.3 Å². The van der Waals surface area contributed by atoms with Crippen LogP contribution in [0.2, 0.25) is 0 Å². The molecule has 0 aliphatic carbocycles. The predicted octanol–water partition coefficient (Wildman–Crippen LogP) is 2.28. The summed E-state index contributed by atoms with van der Waals surface area (Å²) in [4.78, 5) is 25.2. The van der Waals surface area contributed by atoms with E-state index in [-0.39, 0.29) is 24.2 Å². The highest BCUT2D eigenvalue weighted by molar-refractivity contribution is 9.10. The number of carbonyl (C=O) groups is 2. The molecule has 1 aliphatic rings. The number of amides is 1. The largest absolute Gasteiger partial charge is 0.469 e. The fourth-order valence-corrected chi connectivity index (χ4v) is 2.89. The molecule has 1 aromatic rings. The average molecular weight is 312 g/mol. The van der Waals surface area contributed by atoms with Gasteiger partial charge in [0.1, 0.15) is 0 Å². The van der Waals surface area contributed by atoms with E-state index in [0.717, 1.165) is 15.7 Å².